The molecule has 0 amide bonds. The summed E-state index contributed by atoms with van der Waals surface area (Å²) in [5.41, 5.74) is 0. The lowest BCUT2D eigenvalue weighted by Crippen LogP contribution is -2.52. The molecular weight excluding hydrogens is 745 g/mol. The van der Waals surface area contributed by atoms with Crippen molar-refractivity contribution < 1.29 is 55.1 Å². The summed E-state index contributed by atoms with van der Waals surface area (Å²) in [5, 5.41) is 19.1. The molecule has 0 radical (unpaired) electrons. The van der Waals surface area contributed by atoms with Crippen LogP contribution in [0.15, 0.2) is 0 Å². The van der Waals surface area contributed by atoms with Gasteiger partial charge in [0.05, 0.1) is 52.9 Å². The molecule has 0 aromatic carbocycles. The normalized spacial score (nSPS) is 14.8. The maximum atomic E-state index is 9.79. The van der Waals surface area contributed by atoms with Crippen LogP contribution in [-0.4, -0.2) is 153 Å². The van der Waals surface area contributed by atoms with Crippen molar-refractivity contribution in [1.29, 1.82) is 0 Å². The highest BCUT2D eigenvalue weighted by atomic mass is 28.5. The Morgan fingerprint density at radius 3 is 1.14 bits per heavy atom. The predicted octanol–water partition coefficient (Wildman–Crippen LogP) is 6.38. The highest BCUT2D eigenvalue weighted by Crippen LogP contribution is 2.26. The number of aliphatic hydroxyl groups excluding tert-OH is 2. The van der Waals surface area contributed by atoms with Gasteiger partial charge in [-0.3, -0.25) is 0 Å². The van der Waals surface area contributed by atoms with Gasteiger partial charge in [0.2, 0.25) is 0 Å². The van der Waals surface area contributed by atoms with Crippen LogP contribution in [0.25, 0.3) is 0 Å². The van der Waals surface area contributed by atoms with E-state index in [4.69, 9.17) is 44.9 Å². The molecule has 18 heteroatoms. The standard InChI is InChI=1S/2C16H40O6Si3/c1-18-11-12-20-15-16(17)14-19-10-9-13-25(8,21-23(2,3)4)22-24(5,6)7;1-18-11-12-20-16(14-17)15-19-10-9-13-25(8,21-23(2,3)4)22-24(5,6)7/h2*16-17H,9-15H2,1-8H3. The van der Waals surface area contributed by atoms with E-state index in [2.05, 4.69) is 91.7 Å². The van der Waals surface area contributed by atoms with E-state index in [0.29, 0.717) is 46.2 Å². The quantitative estimate of drug-likeness (QED) is 0.0615. The number of methoxy groups -OCH3 is 2. The van der Waals surface area contributed by atoms with E-state index >= 15 is 0 Å². The van der Waals surface area contributed by atoms with Gasteiger partial charge < -0.3 is 55.1 Å². The first kappa shape index (κ1) is 52.9. The van der Waals surface area contributed by atoms with Gasteiger partial charge in [0.15, 0.2) is 33.3 Å². The average Bonchev–Trinajstić information content (AvgIpc) is 2.90. The summed E-state index contributed by atoms with van der Waals surface area (Å²) >= 11 is 0. The van der Waals surface area contributed by atoms with Crippen molar-refractivity contribution in [2.45, 2.75) is 129 Å². The average molecular weight is 825 g/mol. The molecule has 0 heterocycles. The summed E-state index contributed by atoms with van der Waals surface area (Å²) in [7, 11) is -7.72. The van der Waals surface area contributed by atoms with Crippen LogP contribution in [0.4, 0.5) is 0 Å². The van der Waals surface area contributed by atoms with Crippen molar-refractivity contribution in [3.63, 3.8) is 0 Å². The lowest BCUT2D eigenvalue weighted by Gasteiger charge is -2.38. The molecule has 50 heavy (non-hydrogen) atoms. The second-order valence-corrected chi connectivity index (χ2v) is 42.6. The zero-order valence-corrected chi connectivity index (χ0v) is 41.0. The number of aliphatic hydroxyl groups is 2. The van der Waals surface area contributed by atoms with Crippen molar-refractivity contribution in [2.24, 2.45) is 0 Å². The fourth-order valence-electron chi connectivity index (χ4n) is 5.12. The van der Waals surface area contributed by atoms with Crippen molar-refractivity contribution in [3.05, 3.63) is 0 Å². The zero-order chi connectivity index (χ0) is 39.1. The van der Waals surface area contributed by atoms with Gasteiger partial charge in [-0.05, 0) is 117 Å². The second-order valence-electron chi connectivity index (χ2n) is 16.9. The maximum absolute atomic E-state index is 9.79. The fourth-order valence-corrected chi connectivity index (χ4v) is 30.1. The van der Waals surface area contributed by atoms with Crippen molar-refractivity contribution >= 4 is 50.4 Å². The van der Waals surface area contributed by atoms with E-state index in [1.165, 1.54) is 0 Å². The van der Waals surface area contributed by atoms with Gasteiger partial charge in [-0.25, -0.2) is 0 Å². The van der Waals surface area contributed by atoms with E-state index in [1.807, 2.05) is 0 Å². The van der Waals surface area contributed by atoms with E-state index in [9.17, 15) is 10.2 Å². The molecule has 0 aliphatic heterocycles. The maximum Gasteiger partial charge on any atom is 0.314 e. The third kappa shape index (κ3) is 35.8. The first-order chi connectivity index (χ1) is 22.8. The topological polar surface area (TPSA) is 133 Å². The minimum Gasteiger partial charge on any atom is -0.437 e. The van der Waals surface area contributed by atoms with E-state index < -0.39 is 56.5 Å². The molecule has 2 N–H and O–H groups in total. The van der Waals surface area contributed by atoms with E-state index in [0.717, 1.165) is 24.9 Å². The first-order valence-corrected chi connectivity index (χ1v) is 36.9. The van der Waals surface area contributed by atoms with Gasteiger partial charge in [0, 0.05) is 27.4 Å². The Labute approximate surface area is 313 Å². The van der Waals surface area contributed by atoms with Crippen LogP contribution in [0.1, 0.15) is 12.8 Å². The molecule has 0 aromatic rings. The molecule has 0 saturated heterocycles. The van der Waals surface area contributed by atoms with Crippen LogP contribution in [0, 0.1) is 0 Å². The minimum atomic E-state index is -2.19. The zero-order valence-electron chi connectivity index (χ0n) is 35.0. The molecule has 12 nitrogen and oxygen atoms in total. The molecule has 304 valence electrons. The highest BCUT2D eigenvalue weighted by Gasteiger charge is 2.41. The largest absolute Gasteiger partial charge is 0.437 e. The van der Waals surface area contributed by atoms with Crippen molar-refractivity contribution in [3.8, 4) is 0 Å². The molecule has 2 atom stereocenters. The third-order valence-corrected chi connectivity index (χ3v) is 25.4. The summed E-state index contributed by atoms with van der Waals surface area (Å²) in [4.78, 5) is 0. The van der Waals surface area contributed by atoms with Crippen LogP contribution >= 0.6 is 0 Å². The molecule has 0 rings (SSSR count). The molecular formula is C32H80O12Si6. The Kier molecular flexibility index (Phi) is 28.2. The Morgan fingerprint density at radius 2 is 0.800 bits per heavy atom. The molecule has 0 saturated carbocycles. The molecule has 0 bridgehead atoms. The number of ether oxygens (including phenoxy) is 6. The van der Waals surface area contributed by atoms with Gasteiger partial charge in [-0.2, -0.15) is 0 Å². The van der Waals surface area contributed by atoms with Crippen molar-refractivity contribution in [2.75, 3.05) is 80.3 Å². The Morgan fingerprint density at radius 1 is 0.460 bits per heavy atom. The number of rotatable bonds is 30. The number of hydrogen-bond acceptors (Lipinski definition) is 12. The van der Waals surface area contributed by atoms with Crippen LogP contribution in [0.2, 0.25) is 104 Å². The van der Waals surface area contributed by atoms with Crippen LogP contribution in [0.3, 0.4) is 0 Å². The summed E-state index contributed by atoms with van der Waals surface area (Å²) in [6, 6.07) is 1.85. The van der Waals surface area contributed by atoms with Crippen LogP contribution in [-0.2, 0) is 44.9 Å². The minimum absolute atomic E-state index is 0.0480. The summed E-state index contributed by atoms with van der Waals surface area (Å²) in [6.07, 6.45) is 0.884. The van der Waals surface area contributed by atoms with Crippen LogP contribution < -0.4 is 0 Å². The smallest absolute Gasteiger partial charge is 0.314 e. The summed E-state index contributed by atoms with van der Waals surface area (Å²) in [5.74, 6) is 0. The molecule has 0 aliphatic rings. The van der Waals surface area contributed by atoms with Crippen LogP contribution in [0.5, 0.6) is 0 Å². The van der Waals surface area contributed by atoms with Gasteiger partial charge in [-0.15, -0.1) is 0 Å². The summed E-state index contributed by atoms with van der Waals surface area (Å²) in [6.45, 7) is 35.0. The van der Waals surface area contributed by atoms with Gasteiger partial charge in [0.25, 0.3) is 0 Å². The SMILES string of the molecule is COCCOC(CO)COCCC[Si](C)(O[Si](C)(C)C)O[Si](C)(C)C.COCCOCC(O)COCCC[Si](C)(O[Si](C)(C)C)O[Si](C)(C)C. The second kappa shape index (κ2) is 26.6. The monoisotopic (exact) mass is 824 g/mol. The number of hydrogen-bond donors (Lipinski definition) is 2. The highest BCUT2D eigenvalue weighted by molar-refractivity contribution is 6.88. The predicted molar refractivity (Wildman–Crippen MR) is 219 cm³/mol. The van der Waals surface area contributed by atoms with Gasteiger partial charge >= 0.3 is 17.1 Å². The Bertz CT molecular complexity index is 787. The van der Waals surface area contributed by atoms with Crippen molar-refractivity contribution in [1.82, 2.24) is 0 Å². The molecule has 0 aliphatic carbocycles. The summed E-state index contributed by atoms with van der Waals surface area (Å²) < 4.78 is 57.7. The lowest BCUT2D eigenvalue weighted by molar-refractivity contribution is -0.0547. The van der Waals surface area contributed by atoms with E-state index in [-0.39, 0.29) is 25.9 Å². The Balaban J connectivity index is 0. The van der Waals surface area contributed by atoms with E-state index in [1.54, 1.807) is 14.2 Å². The molecule has 0 fully saturated rings. The molecule has 0 aromatic heterocycles. The molecule has 2 unspecified atom stereocenters. The third-order valence-electron chi connectivity index (χ3n) is 6.13. The van der Waals surface area contributed by atoms with Gasteiger partial charge in [-0.1, -0.05) is 0 Å². The first-order valence-electron chi connectivity index (χ1n) is 18.2. The molecule has 0 spiro atoms. The fraction of sp³-hybridized carbons (Fsp3) is 1.00. The lowest BCUT2D eigenvalue weighted by atomic mass is 10.4. The Hall–Kier alpha value is 0.821. The van der Waals surface area contributed by atoms with Gasteiger partial charge in [0.1, 0.15) is 12.2 Å².